The van der Waals surface area contributed by atoms with Crippen molar-refractivity contribution >= 4 is 6.03 Å². The summed E-state index contributed by atoms with van der Waals surface area (Å²) in [4.78, 5) is 21.6. The molecule has 1 aromatic rings. The molecule has 2 saturated heterocycles. The minimum absolute atomic E-state index is 0.0671. The Morgan fingerprint density at radius 2 is 2.04 bits per heavy atom. The average molecular weight is 345 g/mol. The number of piperidine rings is 1. The van der Waals surface area contributed by atoms with Gasteiger partial charge in [0.05, 0.1) is 6.04 Å². The molecule has 1 aromatic heterocycles. The van der Waals surface area contributed by atoms with Gasteiger partial charge in [0.15, 0.2) is 0 Å². The molecule has 0 bridgehead atoms. The molecule has 2 aliphatic heterocycles. The number of nitrogens with one attached hydrogen (secondary N) is 1. The lowest BCUT2D eigenvalue weighted by atomic mass is 10.0. The second-order valence-electron chi connectivity index (χ2n) is 7.39. The highest BCUT2D eigenvalue weighted by molar-refractivity contribution is 5.74. The van der Waals surface area contributed by atoms with Gasteiger partial charge in [0.1, 0.15) is 0 Å². The van der Waals surface area contributed by atoms with Crippen molar-refractivity contribution < 1.29 is 4.79 Å². The van der Waals surface area contributed by atoms with E-state index in [9.17, 15) is 4.79 Å². The molecule has 0 saturated carbocycles. The lowest BCUT2D eigenvalue weighted by Gasteiger charge is -2.37. The van der Waals surface area contributed by atoms with Crippen LogP contribution in [0.4, 0.5) is 4.79 Å². The van der Waals surface area contributed by atoms with Crippen LogP contribution in [0.2, 0.25) is 0 Å². The fourth-order valence-electron chi connectivity index (χ4n) is 4.09. The van der Waals surface area contributed by atoms with Crippen LogP contribution < -0.4 is 5.32 Å². The molecule has 5 nitrogen and oxygen atoms in total. The summed E-state index contributed by atoms with van der Waals surface area (Å²) in [6, 6.07) is 4.85. The van der Waals surface area contributed by atoms with E-state index in [1.54, 1.807) is 6.20 Å². The first-order valence-electron chi connectivity index (χ1n) is 9.97. The number of rotatable bonds is 6. The van der Waals surface area contributed by atoms with Crippen molar-refractivity contribution in [2.24, 2.45) is 0 Å². The van der Waals surface area contributed by atoms with Crippen molar-refractivity contribution in [2.45, 2.75) is 64.0 Å². The fraction of sp³-hybridized carbons (Fsp3) is 0.700. The molecule has 1 N–H and O–H groups in total. The first-order chi connectivity index (χ1) is 12.3. The van der Waals surface area contributed by atoms with E-state index < -0.39 is 0 Å². The molecule has 0 unspecified atom stereocenters. The van der Waals surface area contributed by atoms with Crippen LogP contribution in [-0.4, -0.2) is 53.0 Å². The van der Waals surface area contributed by atoms with Gasteiger partial charge in [-0.2, -0.15) is 0 Å². The van der Waals surface area contributed by atoms with Crippen LogP contribution in [0.3, 0.4) is 0 Å². The highest BCUT2D eigenvalue weighted by atomic mass is 16.2. The summed E-state index contributed by atoms with van der Waals surface area (Å²) >= 11 is 0. The molecule has 3 heterocycles. The number of pyridine rings is 1. The minimum Gasteiger partial charge on any atom is -0.331 e. The van der Waals surface area contributed by atoms with E-state index >= 15 is 0 Å². The number of carbonyl (C=O) groups excluding carboxylic acids is 1. The molecule has 25 heavy (non-hydrogen) atoms. The molecule has 0 aliphatic carbocycles. The van der Waals surface area contributed by atoms with Crippen molar-refractivity contribution in [1.29, 1.82) is 0 Å². The van der Waals surface area contributed by atoms with Crippen molar-refractivity contribution in [3.63, 3.8) is 0 Å². The van der Waals surface area contributed by atoms with Gasteiger partial charge in [-0.1, -0.05) is 25.8 Å². The number of hydrogen-bond acceptors (Lipinski definition) is 3. The summed E-state index contributed by atoms with van der Waals surface area (Å²) in [5.74, 6) is 0. The second-order valence-corrected chi connectivity index (χ2v) is 7.39. The quantitative estimate of drug-likeness (QED) is 0.858. The normalized spacial score (nSPS) is 20.6. The summed E-state index contributed by atoms with van der Waals surface area (Å²) in [5.41, 5.74) is 1.11. The maximum atomic E-state index is 12.8. The number of likely N-dealkylation sites (tertiary alicyclic amines) is 2. The van der Waals surface area contributed by atoms with Gasteiger partial charge in [-0.05, 0) is 56.8 Å². The first kappa shape index (κ1) is 18.2. The molecular weight excluding hydrogens is 312 g/mol. The second kappa shape index (κ2) is 9.18. The highest BCUT2D eigenvalue weighted by Gasteiger charge is 2.29. The molecule has 2 amide bonds. The predicted octanol–water partition coefficient (Wildman–Crippen LogP) is 3.58. The van der Waals surface area contributed by atoms with Crippen molar-refractivity contribution in [1.82, 2.24) is 20.1 Å². The predicted molar refractivity (Wildman–Crippen MR) is 100 cm³/mol. The Kier molecular flexibility index (Phi) is 6.68. The van der Waals surface area contributed by atoms with E-state index in [2.05, 4.69) is 28.2 Å². The number of nitrogens with zero attached hydrogens (tertiary/aromatic N) is 3. The number of unbranched alkanes of at least 4 members (excludes halogenated alkanes) is 1. The summed E-state index contributed by atoms with van der Waals surface area (Å²) < 4.78 is 0. The van der Waals surface area contributed by atoms with Gasteiger partial charge in [-0.25, -0.2) is 4.79 Å². The molecule has 2 aliphatic rings. The Hall–Kier alpha value is -1.62. The zero-order valence-electron chi connectivity index (χ0n) is 15.5. The van der Waals surface area contributed by atoms with Crippen LogP contribution in [0.15, 0.2) is 24.5 Å². The standard InChI is InChI=1S/C20H32N4O/c1-2-3-8-19(17-7-6-11-21-16-17)22-20(25)24-14-9-18(10-15-24)23-12-4-5-13-23/h6-7,11,16,18-19H,2-5,8-10,12-15H2,1H3,(H,22,25)/t19-/m0/s1. The van der Waals surface area contributed by atoms with Gasteiger partial charge in [0.2, 0.25) is 0 Å². The molecule has 0 radical (unpaired) electrons. The Balaban J connectivity index is 1.52. The number of amides is 2. The van der Waals surface area contributed by atoms with E-state index in [0.717, 1.165) is 50.8 Å². The number of carbonyl (C=O) groups is 1. The molecule has 2 fully saturated rings. The summed E-state index contributed by atoms with van der Waals surface area (Å²) in [6.45, 7) is 6.43. The largest absolute Gasteiger partial charge is 0.331 e. The van der Waals surface area contributed by atoms with Crippen LogP contribution >= 0.6 is 0 Å². The van der Waals surface area contributed by atoms with Gasteiger partial charge in [-0.3, -0.25) is 4.98 Å². The zero-order valence-corrected chi connectivity index (χ0v) is 15.5. The van der Waals surface area contributed by atoms with E-state index in [4.69, 9.17) is 0 Å². The lowest BCUT2D eigenvalue weighted by molar-refractivity contribution is 0.132. The van der Waals surface area contributed by atoms with Crippen molar-refractivity contribution in [3.8, 4) is 0 Å². The van der Waals surface area contributed by atoms with Crippen LogP contribution in [0.5, 0.6) is 0 Å². The topological polar surface area (TPSA) is 48.5 Å². The van der Waals surface area contributed by atoms with Gasteiger partial charge in [0, 0.05) is 31.5 Å². The molecule has 5 heteroatoms. The number of hydrogen-bond donors (Lipinski definition) is 1. The van der Waals surface area contributed by atoms with Gasteiger partial charge < -0.3 is 15.1 Å². The Morgan fingerprint density at radius 1 is 1.28 bits per heavy atom. The van der Waals surface area contributed by atoms with Crippen LogP contribution in [0.1, 0.15) is 63.5 Å². The fourth-order valence-corrected chi connectivity index (χ4v) is 4.09. The first-order valence-corrected chi connectivity index (χ1v) is 9.97. The van der Waals surface area contributed by atoms with Crippen LogP contribution in [0.25, 0.3) is 0 Å². The Morgan fingerprint density at radius 3 is 2.68 bits per heavy atom. The molecule has 0 aromatic carbocycles. The van der Waals surface area contributed by atoms with E-state index in [1.165, 1.54) is 25.9 Å². The zero-order chi connectivity index (χ0) is 17.5. The number of aromatic nitrogens is 1. The Labute approximate surface area is 151 Å². The average Bonchev–Trinajstić information content (AvgIpc) is 3.20. The van der Waals surface area contributed by atoms with Crippen LogP contribution in [0, 0.1) is 0 Å². The van der Waals surface area contributed by atoms with E-state index in [-0.39, 0.29) is 12.1 Å². The lowest BCUT2D eigenvalue weighted by Crippen LogP contribution is -2.49. The molecular formula is C20H32N4O. The van der Waals surface area contributed by atoms with Gasteiger partial charge >= 0.3 is 6.03 Å². The summed E-state index contributed by atoms with van der Waals surface area (Å²) in [5, 5.41) is 3.26. The number of urea groups is 1. The minimum atomic E-state index is 0.0671. The SMILES string of the molecule is CCCC[C@H](NC(=O)N1CCC(N2CCCC2)CC1)c1cccnc1. The third kappa shape index (κ3) is 4.94. The molecule has 3 rings (SSSR count). The third-order valence-electron chi connectivity index (χ3n) is 5.64. The summed E-state index contributed by atoms with van der Waals surface area (Å²) in [7, 11) is 0. The maximum absolute atomic E-state index is 12.8. The molecule has 138 valence electrons. The smallest absolute Gasteiger partial charge is 0.317 e. The van der Waals surface area contributed by atoms with Crippen LogP contribution in [-0.2, 0) is 0 Å². The van der Waals surface area contributed by atoms with Crippen molar-refractivity contribution in [2.75, 3.05) is 26.2 Å². The highest BCUT2D eigenvalue weighted by Crippen LogP contribution is 2.23. The van der Waals surface area contributed by atoms with E-state index in [0.29, 0.717) is 6.04 Å². The molecule has 1 atom stereocenters. The van der Waals surface area contributed by atoms with Gasteiger partial charge in [0.25, 0.3) is 0 Å². The monoisotopic (exact) mass is 344 g/mol. The maximum Gasteiger partial charge on any atom is 0.317 e. The summed E-state index contributed by atoms with van der Waals surface area (Å²) in [6.07, 6.45) is 11.8. The van der Waals surface area contributed by atoms with E-state index in [1.807, 2.05) is 17.2 Å². The third-order valence-corrected chi connectivity index (χ3v) is 5.64. The van der Waals surface area contributed by atoms with Crippen molar-refractivity contribution in [3.05, 3.63) is 30.1 Å². The Bertz CT molecular complexity index is 522. The molecule has 0 spiro atoms. The van der Waals surface area contributed by atoms with Gasteiger partial charge in [-0.15, -0.1) is 0 Å².